The van der Waals surface area contributed by atoms with Gasteiger partial charge in [-0.15, -0.1) is 0 Å². The van der Waals surface area contributed by atoms with Gasteiger partial charge in [0.05, 0.1) is 0 Å². The number of hydrogen-bond donors (Lipinski definition) is 1. The zero-order valence-corrected chi connectivity index (χ0v) is 19.2. The highest BCUT2D eigenvalue weighted by molar-refractivity contribution is 7.49. The van der Waals surface area contributed by atoms with Crippen molar-refractivity contribution in [3.63, 3.8) is 0 Å². The Kier molecular flexibility index (Phi) is 6.71. The molecule has 1 N–H and O–H groups in total. The van der Waals surface area contributed by atoms with Gasteiger partial charge < -0.3 is 10.0 Å². The minimum atomic E-state index is -0.0132. The summed E-state index contributed by atoms with van der Waals surface area (Å²) in [5.74, 6) is 0.494. The highest BCUT2D eigenvalue weighted by Gasteiger charge is 2.33. The van der Waals surface area contributed by atoms with E-state index in [1.807, 2.05) is 6.92 Å². The summed E-state index contributed by atoms with van der Waals surface area (Å²) >= 11 is 0. The Balaban J connectivity index is 2.06. The van der Waals surface area contributed by atoms with Gasteiger partial charge in [-0.1, -0.05) is 52.3 Å². The lowest BCUT2D eigenvalue weighted by Crippen LogP contribution is -2.33. The van der Waals surface area contributed by atoms with Crippen LogP contribution < -0.4 is 10.2 Å². The van der Waals surface area contributed by atoms with Crippen LogP contribution in [0.25, 0.3) is 0 Å². The van der Waals surface area contributed by atoms with Crippen LogP contribution in [-0.4, -0.2) is 18.2 Å². The number of nitrogens with zero attached hydrogens (tertiary/aromatic N) is 1. The molecule has 1 atom stereocenters. The fourth-order valence-corrected chi connectivity index (χ4v) is 6.32. The molecule has 0 aliphatic carbocycles. The Labute approximate surface area is 173 Å². The Morgan fingerprint density at radius 2 is 1.61 bits per heavy atom. The summed E-state index contributed by atoms with van der Waals surface area (Å²) in [6.45, 7) is 13.3. The zero-order valence-electron chi connectivity index (χ0n) is 18.2. The Morgan fingerprint density at radius 1 is 0.929 bits per heavy atom. The lowest BCUT2D eigenvalue weighted by Gasteiger charge is -2.37. The zero-order chi connectivity index (χ0) is 20.3. The van der Waals surface area contributed by atoms with Gasteiger partial charge in [0, 0.05) is 29.5 Å². The topological polar surface area (TPSA) is 23.5 Å². The molecule has 2 aromatic carbocycles. The maximum Gasteiger partial charge on any atom is 0.122 e. The number of rotatable bonds is 6. The number of phenolic OH excluding ortho intramolecular Hbond substituents is 1. The van der Waals surface area contributed by atoms with Crippen LogP contribution in [0.3, 0.4) is 0 Å². The van der Waals surface area contributed by atoms with Crippen molar-refractivity contribution in [2.75, 3.05) is 18.0 Å². The first-order chi connectivity index (χ1) is 13.4. The van der Waals surface area contributed by atoms with Crippen molar-refractivity contribution in [3.05, 3.63) is 52.6 Å². The van der Waals surface area contributed by atoms with Gasteiger partial charge in [0.15, 0.2) is 0 Å². The number of aromatic hydroxyl groups is 1. The van der Waals surface area contributed by atoms with E-state index in [0.29, 0.717) is 14.3 Å². The molecule has 0 radical (unpaired) electrons. The van der Waals surface area contributed by atoms with Crippen LogP contribution in [0.5, 0.6) is 5.75 Å². The van der Waals surface area contributed by atoms with Gasteiger partial charge in [0.1, 0.15) is 5.75 Å². The van der Waals surface area contributed by atoms with E-state index in [1.165, 1.54) is 54.5 Å². The van der Waals surface area contributed by atoms with Crippen LogP contribution in [0.2, 0.25) is 0 Å². The molecule has 2 nitrogen and oxygen atoms in total. The van der Waals surface area contributed by atoms with Gasteiger partial charge in [-0.3, -0.25) is 0 Å². The number of piperidine rings is 1. The summed E-state index contributed by atoms with van der Waals surface area (Å²) < 4.78 is 0. The summed E-state index contributed by atoms with van der Waals surface area (Å²) in [7, 11) is 0.650. The average Bonchev–Trinajstić information content (AvgIpc) is 2.71. The summed E-state index contributed by atoms with van der Waals surface area (Å²) in [5, 5.41) is 12.4. The first kappa shape index (κ1) is 21.2. The number of hydrogen-bond acceptors (Lipinski definition) is 2. The number of benzene rings is 2. The molecule has 28 heavy (non-hydrogen) atoms. The molecule has 0 amide bonds. The first-order valence-electron chi connectivity index (χ1n) is 10.8. The maximum absolute atomic E-state index is 11.0. The molecule has 1 heterocycles. The van der Waals surface area contributed by atoms with Crippen LogP contribution in [-0.2, 0) is 5.16 Å². The Hall–Kier alpha value is -1.53. The normalized spacial score (nSPS) is 15.5. The second-order valence-electron chi connectivity index (χ2n) is 8.46. The molecule has 0 saturated carbocycles. The van der Waals surface area contributed by atoms with E-state index in [-0.39, 0.29) is 5.16 Å². The van der Waals surface area contributed by atoms with Gasteiger partial charge in [-0.2, -0.15) is 0 Å². The molecule has 1 saturated heterocycles. The standard InChI is InChI=1S/C25H36NOP/c1-6-25(7-2,21-16-19(4)15-20(5)24(21)27)28-23-12-11-18(3)17-22(23)26-13-9-8-10-14-26/h11-12,15-17,27-28H,6-10,13-14H2,1-5H3. The molecular weight excluding hydrogens is 361 g/mol. The quantitative estimate of drug-likeness (QED) is 0.576. The monoisotopic (exact) mass is 397 g/mol. The SMILES string of the molecule is CCC(CC)(Pc1ccc(C)cc1N1CCCCC1)c1cc(C)cc(C)c1O. The lowest BCUT2D eigenvalue weighted by atomic mass is 9.89. The molecule has 3 heteroatoms. The maximum atomic E-state index is 11.0. The van der Waals surface area contributed by atoms with Crippen molar-refractivity contribution in [2.24, 2.45) is 0 Å². The molecule has 1 aliphatic rings. The minimum absolute atomic E-state index is 0.0132. The van der Waals surface area contributed by atoms with Gasteiger partial charge in [0.25, 0.3) is 0 Å². The number of phenols is 1. The highest BCUT2D eigenvalue weighted by Crippen LogP contribution is 2.51. The summed E-state index contributed by atoms with van der Waals surface area (Å²) in [6, 6.07) is 11.3. The van der Waals surface area contributed by atoms with E-state index in [4.69, 9.17) is 0 Å². The Bertz CT molecular complexity index is 820. The molecular formula is C25H36NOP. The second kappa shape index (κ2) is 8.87. The van der Waals surface area contributed by atoms with Crippen LogP contribution in [0.1, 0.15) is 68.2 Å². The number of anilines is 1. The smallest absolute Gasteiger partial charge is 0.122 e. The molecule has 1 unspecified atom stereocenters. The van der Waals surface area contributed by atoms with Crippen molar-refractivity contribution in [1.29, 1.82) is 0 Å². The molecule has 0 bridgehead atoms. The van der Waals surface area contributed by atoms with E-state index < -0.39 is 0 Å². The van der Waals surface area contributed by atoms with Crippen molar-refractivity contribution >= 4 is 19.6 Å². The van der Waals surface area contributed by atoms with Crippen molar-refractivity contribution in [1.82, 2.24) is 0 Å². The molecule has 1 fully saturated rings. The second-order valence-corrected chi connectivity index (χ2v) is 10.2. The van der Waals surface area contributed by atoms with Gasteiger partial charge in [0.2, 0.25) is 0 Å². The largest absolute Gasteiger partial charge is 0.507 e. The molecule has 2 aromatic rings. The van der Waals surface area contributed by atoms with Crippen molar-refractivity contribution < 1.29 is 5.11 Å². The Morgan fingerprint density at radius 3 is 2.25 bits per heavy atom. The third-order valence-electron chi connectivity index (χ3n) is 6.39. The van der Waals surface area contributed by atoms with E-state index in [9.17, 15) is 5.11 Å². The summed E-state index contributed by atoms with van der Waals surface area (Å²) in [4.78, 5) is 2.59. The van der Waals surface area contributed by atoms with Crippen LogP contribution in [0, 0.1) is 20.8 Å². The fourth-order valence-electron chi connectivity index (χ4n) is 4.60. The third kappa shape index (κ3) is 4.23. The van der Waals surface area contributed by atoms with Gasteiger partial charge >= 0.3 is 0 Å². The van der Waals surface area contributed by atoms with E-state index >= 15 is 0 Å². The third-order valence-corrected chi connectivity index (χ3v) is 8.54. The molecule has 0 spiro atoms. The van der Waals surface area contributed by atoms with Crippen LogP contribution in [0.15, 0.2) is 30.3 Å². The van der Waals surface area contributed by atoms with Gasteiger partial charge in [-0.25, -0.2) is 0 Å². The van der Waals surface area contributed by atoms with E-state index in [1.54, 1.807) is 0 Å². The number of aryl methyl sites for hydroxylation is 3. The highest BCUT2D eigenvalue weighted by atomic mass is 31.1. The predicted molar refractivity (Wildman–Crippen MR) is 125 cm³/mol. The summed E-state index contributed by atoms with van der Waals surface area (Å²) in [5.41, 5.74) is 6.13. The van der Waals surface area contributed by atoms with Crippen molar-refractivity contribution in [3.8, 4) is 5.75 Å². The van der Waals surface area contributed by atoms with Gasteiger partial charge in [-0.05, 0) is 75.4 Å². The van der Waals surface area contributed by atoms with Crippen LogP contribution in [0.4, 0.5) is 5.69 Å². The average molecular weight is 398 g/mol. The predicted octanol–water partition coefficient (Wildman–Crippen LogP) is 6.33. The first-order valence-corrected chi connectivity index (χ1v) is 11.8. The van der Waals surface area contributed by atoms with Crippen molar-refractivity contribution in [2.45, 2.75) is 71.9 Å². The molecule has 152 valence electrons. The summed E-state index contributed by atoms with van der Waals surface area (Å²) in [6.07, 6.45) is 6.00. The van der Waals surface area contributed by atoms with E-state index in [0.717, 1.165) is 24.0 Å². The molecule has 0 aromatic heterocycles. The minimum Gasteiger partial charge on any atom is -0.507 e. The fraction of sp³-hybridized carbons (Fsp3) is 0.520. The lowest BCUT2D eigenvalue weighted by molar-refractivity contribution is 0.444. The molecule has 1 aliphatic heterocycles. The van der Waals surface area contributed by atoms with E-state index in [2.05, 4.69) is 62.9 Å². The molecule has 3 rings (SSSR count). The van der Waals surface area contributed by atoms with Crippen LogP contribution >= 0.6 is 8.58 Å².